The minimum atomic E-state index is -2.96. The zero-order chi connectivity index (χ0) is 16.1. The Kier molecular flexibility index (Phi) is 5.19. The summed E-state index contributed by atoms with van der Waals surface area (Å²) in [5.74, 6) is -0.337. The molecular weight excluding hydrogens is 296 g/mol. The van der Waals surface area contributed by atoms with Crippen LogP contribution in [0.15, 0.2) is 18.2 Å². The Morgan fingerprint density at radius 1 is 1.41 bits per heavy atom. The molecule has 0 aliphatic carbocycles. The van der Waals surface area contributed by atoms with Crippen LogP contribution in [0.25, 0.3) is 5.70 Å². The van der Waals surface area contributed by atoms with Gasteiger partial charge in [0.2, 0.25) is 0 Å². The number of halogens is 2. The van der Waals surface area contributed by atoms with Gasteiger partial charge in [-0.25, -0.2) is 4.79 Å². The van der Waals surface area contributed by atoms with Crippen LogP contribution in [0.5, 0.6) is 11.5 Å². The molecule has 7 heteroatoms. The maximum absolute atomic E-state index is 12.5. The fourth-order valence-electron chi connectivity index (χ4n) is 2.26. The minimum absolute atomic E-state index is 0.0743. The van der Waals surface area contributed by atoms with Crippen LogP contribution in [-0.4, -0.2) is 32.8 Å². The van der Waals surface area contributed by atoms with Crippen LogP contribution >= 0.6 is 0 Å². The van der Waals surface area contributed by atoms with Crippen LogP contribution < -0.4 is 14.8 Å². The molecule has 1 aromatic rings. The molecule has 1 N–H and O–H groups in total. The normalized spacial score (nSPS) is 15.2. The first-order valence-electron chi connectivity index (χ1n) is 6.83. The molecule has 0 aromatic heterocycles. The molecule has 1 aliphatic heterocycles. The van der Waals surface area contributed by atoms with E-state index in [0.717, 1.165) is 5.56 Å². The average molecular weight is 313 g/mol. The van der Waals surface area contributed by atoms with Gasteiger partial charge in [-0.05, 0) is 31.0 Å². The predicted octanol–water partition coefficient (Wildman–Crippen LogP) is 2.35. The second-order valence-corrected chi connectivity index (χ2v) is 4.53. The lowest BCUT2D eigenvalue weighted by atomic mass is 9.97. The van der Waals surface area contributed by atoms with Crippen LogP contribution in [-0.2, 0) is 16.0 Å². The molecule has 0 unspecified atom stereocenters. The predicted molar refractivity (Wildman–Crippen MR) is 75.9 cm³/mol. The summed E-state index contributed by atoms with van der Waals surface area (Å²) in [7, 11) is 1.39. The van der Waals surface area contributed by atoms with Crippen molar-refractivity contribution in [3.8, 4) is 11.5 Å². The second kappa shape index (κ2) is 7.11. The highest BCUT2D eigenvalue weighted by atomic mass is 19.3. The van der Waals surface area contributed by atoms with E-state index >= 15 is 0 Å². The van der Waals surface area contributed by atoms with E-state index in [1.165, 1.54) is 19.3 Å². The monoisotopic (exact) mass is 313 g/mol. The Labute approximate surface area is 126 Å². The molecular formula is C15H17F2NO4. The second-order valence-electron chi connectivity index (χ2n) is 4.53. The van der Waals surface area contributed by atoms with E-state index < -0.39 is 12.6 Å². The summed E-state index contributed by atoms with van der Waals surface area (Å²) in [5.41, 5.74) is 2.02. The van der Waals surface area contributed by atoms with Gasteiger partial charge < -0.3 is 19.5 Å². The molecule has 0 amide bonds. The molecule has 0 bridgehead atoms. The molecule has 22 heavy (non-hydrogen) atoms. The minimum Gasteiger partial charge on any atom is -0.493 e. The van der Waals surface area contributed by atoms with Crippen LogP contribution in [0.1, 0.15) is 18.1 Å². The summed E-state index contributed by atoms with van der Waals surface area (Å²) >= 11 is 0. The number of benzene rings is 1. The highest BCUT2D eigenvalue weighted by Crippen LogP contribution is 2.35. The van der Waals surface area contributed by atoms with E-state index in [2.05, 4.69) is 10.1 Å². The fourth-order valence-corrected chi connectivity index (χ4v) is 2.26. The number of carbonyl (C=O) groups excluding carboxylic acids is 1. The van der Waals surface area contributed by atoms with Gasteiger partial charge in [0.05, 0.1) is 13.7 Å². The van der Waals surface area contributed by atoms with Crippen LogP contribution in [0.3, 0.4) is 0 Å². The van der Waals surface area contributed by atoms with E-state index in [0.29, 0.717) is 24.2 Å². The number of nitrogens with one attached hydrogen (secondary N) is 1. The first kappa shape index (κ1) is 16.1. The maximum Gasteiger partial charge on any atom is 0.387 e. The van der Waals surface area contributed by atoms with Crippen molar-refractivity contribution in [3.63, 3.8) is 0 Å². The number of ether oxygens (including phenoxy) is 3. The molecule has 0 fully saturated rings. The molecule has 5 nitrogen and oxygen atoms in total. The number of alkyl halides is 2. The number of hydrogen-bond acceptors (Lipinski definition) is 5. The molecule has 0 spiro atoms. The van der Waals surface area contributed by atoms with E-state index in [-0.39, 0.29) is 18.1 Å². The number of fused-ring (bicyclic) bond motifs is 1. The third-order valence-electron chi connectivity index (χ3n) is 3.15. The molecule has 2 rings (SSSR count). The Morgan fingerprint density at radius 3 is 2.82 bits per heavy atom. The maximum atomic E-state index is 12.5. The zero-order valence-corrected chi connectivity index (χ0v) is 12.3. The Hall–Kier alpha value is -2.31. The summed E-state index contributed by atoms with van der Waals surface area (Å²) in [6.07, 6.45) is 1.99. The Morgan fingerprint density at radius 2 is 2.18 bits per heavy atom. The summed E-state index contributed by atoms with van der Waals surface area (Å²) in [5, 5.41) is 3.06. The van der Waals surface area contributed by atoms with E-state index in [1.54, 1.807) is 13.0 Å². The summed E-state index contributed by atoms with van der Waals surface area (Å²) in [4.78, 5) is 11.6. The van der Waals surface area contributed by atoms with Gasteiger partial charge in [-0.1, -0.05) is 0 Å². The highest BCUT2D eigenvalue weighted by molar-refractivity contribution is 5.92. The lowest BCUT2D eigenvalue weighted by Gasteiger charge is -2.23. The molecule has 1 aromatic carbocycles. The number of methoxy groups -OCH3 is 1. The molecule has 0 saturated heterocycles. The zero-order valence-electron chi connectivity index (χ0n) is 12.3. The lowest BCUT2D eigenvalue weighted by molar-refractivity contribution is -0.137. The van der Waals surface area contributed by atoms with Gasteiger partial charge in [0, 0.05) is 23.9 Å². The van der Waals surface area contributed by atoms with E-state index in [1.807, 2.05) is 0 Å². The van der Waals surface area contributed by atoms with Crippen molar-refractivity contribution < 1.29 is 27.8 Å². The summed E-state index contributed by atoms with van der Waals surface area (Å²) in [6.45, 7) is -0.368. The third kappa shape index (κ3) is 3.66. The van der Waals surface area contributed by atoms with Crippen LogP contribution in [0, 0.1) is 0 Å². The third-order valence-corrected chi connectivity index (χ3v) is 3.15. The van der Waals surface area contributed by atoms with Gasteiger partial charge in [-0.2, -0.15) is 8.78 Å². The summed E-state index contributed by atoms with van der Waals surface area (Å²) < 4.78 is 39.4. The molecule has 0 atom stereocenters. The number of rotatable bonds is 5. The topological polar surface area (TPSA) is 56.8 Å². The van der Waals surface area contributed by atoms with Gasteiger partial charge in [0.1, 0.15) is 0 Å². The van der Waals surface area contributed by atoms with Crippen molar-refractivity contribution in [1.29, 1.82) is 0 Å². The first-order valence-corrected chi connectivity index (χ1v) is 6.83. The van der Waals surface area contributed by atoms with Crippen molar-refractivity contribution in [2.24, 2.45) is 0 Å². The van der Waals surface area contributed by atoms with Crippen molar-refractivity contribution in [2.45, 2.75) is 20.0 Å². The fraction of sp³-hybridized carbons (Fsp3) is 0.400. The van der Waals surface area contributed by atoms with Crippen molar-refractivity contribution in [3.05, 3.63) is 29.3 Å². The van der Waals surface area contributed by atoms with Crippen molar-refractivity contribution >= 4 is 11.7 Å². The standard InChI is InChI=1S/C15H17F2NO4/c1-3-21-14(19)8-11-10-7-13(22-15(16)17)12(20-2)6-9(10)4-5-18-11/h6-8,15,18H,3-5H2,1-2H3. The molecule has 120 valence electrons. The largest absolute Gasteiger partial charge is 0.493 e. The number of hydrogen-bond donors (Lipinski definition) is 1. The van der Waals surface area contributed by atoms with Gasteiger partial charge in [-0.15, -0.1) is 0 Å². The molecule has 1 heterocycles. The van der Waals surface area contributed by atoms with Gasteiger partial charge in [0.15, 0.2) is 11.5 Å². The van der Waals surface area contributed by atoms with Gasteiger partial charge in [0.25, 0.3) is 0 Å². The first-order chi connectivity index (χ1) is 10.5. The highest BCUT2D eigenvalue weighted by Gasteiger charge is 2.20. The number of carbonyl (C=O) groups is 1. The van der Waals surface area contributed by atoms with Crippen molar-refractivity contribution in [1.82, 2.24) is 5.32 Å². The van der Waals surface area contributed by atoms with Gasteiger partial charge in [-0.3, -0.25) is 0 Å². The lowest BCUT2D eigenvalue weighted by Crippen LogP contribution is -2.24. The van der Waals surface area contributed by atoms with Crippen LogP contribution in [0.4, 0.5) is 8.78 Å². The average Bonchev–Trinajstić information content (AvgIpc) is 2.47. The van der Waals surface area contributed by atoms with E-state index in [4.69, 9.17) is 9.47 Å². The smallest absolute Gasteiger partial charge is 0.387 e. The van der Waals surface area contributed by atoms with Gasteiger partial charge >= 0.3 is 12.6 Å². The number of esters is 1. The Balaban J connectivity index is 2.42. The van der Waals surface area contributed by atoms with Crippen LogP contribution in [0.2, 0.25) is 0 Å². The Bertz CT molecular complexity index is 587. The van der Waals surface area contributed by atoms with E-state index in [9.17, 15) is 13.6 Å². The molecule has 1 aliphatic rings. The molecule has 0 saturated carbocycles. The quantitative estimate of drug-likeness (QED) is 0.668. The molecule has 0 radical (unpaired) electrons. The summed E-state index contributed by atoms with van der Waals surface area (Å²) in [6, 6.07) is 3.09. The van der Waals surface area contributed by atoms with Crippen molar-refractivity contribution in [2.75, 3.05) is 20.3 Å². The SMILES string of the molecule is CCOC(=O)C=C1NCCc2cc(OC)c(OC(F)F)cc21.